The van der Waals surface area contributed by atoms with Gasteiger partial charge in [0.2, 0.25) is 5.95 Å². The van der Waals surface area contributed by atoms with Gasteiger partial charge in [-0.3, -0.25) is 0 Å². The third kappa shape index (κ3) is 2.36. The van der Waals surface area contributed by atoms with Crippen LogP contribution in [0.2, 0.25) is 0 Å². The third-order valence-electron chi connectivity index (χ3n) is 3.49. The molecule has 0 amide bonds. The summed E-state index contributed by atoms with van der Waals surface area (Å²) in [5.74, 6) is 3.08. The Morgan fingerprint density at radius 3 is 2.65 bits per heavy atom. The summed E-state index contributed by atoms with van der Waals surface area (Å²) in [5, 5.41) is 0. The Kier molecular flexibility index (Phi) is 3.38. The molecule has 0 aromatic carbocycles. The summed E-state index contributed by atoms with van der Waals surface area (Å²) < 4.78 is 0.808. The minimum atomic E-state index is 0.808. The van der Waals surface area contributed by atoms with E-state index in [4.69, 9.17) is 12.2 Å². The fourth-order valence-electron chi connectivity index (χ4n) is 2.49. The van der Waals surface area contributed by atoms with E-state index in [0.29, 0.717) is 0 Å². The van der Waals surface area contributed by atoms with Gasteiger partial charge in [0, 0.05) is 35.9 Å². The Labute approximate surface area is 111 Å². The maximum absolute atomic E-state index is 5.40. The van der Waals surface area contributed by atoms with Crippen molar-refractivity contribution in [2.45, 2.75) is 37.2 Å². The van der Waals surface area contributed by atoms with Crippen LogP contribution in [-0.2, 0) is 11.5 Å². The van der Waals surface area contributed by atoms with Gasteiger partial charge in [-0.05, 0) is 12.8 Å². The minimum Gasteiger partial charge on any atom is -0.342 e. The molecule has 1 aromatic rings. The van der Waals surface area contributed by atoms with Gasteiger partial charge in [0.25, 0.3) is 0 Å². The van der Waals surface area contributed by atoms with Crippen LogP contribution >= 0.6 is 24.0 Å². The maximum Gasteiger partial charge on any atom is 0.204 e. The number of thioether (sulfide) groups is 1. The fourth-order valence-corrected chi connectivity index (χ4v) is 3.93. The van der Waals surface area contributed by atoms with Crippen LogP contribution in [0.15, 0.2) is 0 Å². The lowest BCUT2D eigenvalue weighted by Gasteiger charge is -2.21. The lowest BCUT2D eigenvalue weighted by molar-refractivity contribution is 0.726. The molecule has 2 aliphatic rings. The molecular formula is C12H17N3S2. The number of rotatable bonds is 1. The van der Waals surface area contributed by atoms with Crippen molar-refractivity contribution < 1.29 is 0 Å². The van der Waals surface area contributed by atoms with E-state index in [2.05, 4.69) is 14.9 Å². The minimum absolute atomic E-state index is 0.808. The Morgan fingerprint density at radius 2 is 1.88 bits per heavy atom. The molecular weight excluding hydrogens is 250 g/mol. The zero-order valence-electron chi connectivity index (χ0n) is 9.87. The third-order valence-corrected chi connectivity index (χ3v) is 4.81. The van der Waals surface area contributed by atoms with Crippen LogP contribution in [0.4, 0.5) is 5.95 Å². The summed E-state index contributed by atoms with van der Waals surface area (Å²) in [4.78, 5) is 10.4. The van der Waals surface area contributed by atoms with E-state index in [1.165, 1.54) is 36.9 Å². The van der Waals surface area contributed by atoms with Gasteiger partial charge in [0.1, 0.15) is 4.64 Å². The van der Waals surface area contributed by atoms with Gasteiger partial charge in [-0.1, -0.05) is 25.1 Å². The van der Waals surface area contributed by atoms with Crippen molar-refractivity contribution in [3.63, 3.8) is 0 Å². The first-order valence-corrected chi connectivity index (χ1v) is 7.85. The lowest BCUT2D eigenvalue weighted by Crippen LogP contribution is -2.26. The highest BCUT2D eigenvalue weighted by Gasteiger charge is 2.18. The standard InChI is InChI=1S/C12H17N3S2/c16-11-9-7-17-8-10(9)13-12(14-11)15-5-3-1-2-4-6-15/h1-8H2,(H,13,14,16). The van der Waals surface area contributed by atoms with E-state index in [1.54, 1.807) is 0 Å². The van der Waals surface area contributed by atoms with Gasteiger partial charge in [0.15, 0.2) is 0 Å². The van der Waals surface area contributed by atoms with E-state index < -0.39 is 0 Å². The first kappa shape index (κ1) is 11.5. The Bertz CT molecular complexity index is 461. The van der Waals surface area contributed by atoms with Crippen molar-refractivity contribution in [3.05, 3.63) is 15.9 Å². The molecule has 92 valence electrons. The van der Waals surface area contributed by atoms with Crippen molar-refractivity contribution in [2.24, 2.45) is 0 Å². The Balaban J connectivity index is 1.92. The van der Waals surface area contributed by atoms with Crippen LogP contribution in [-0.4, -0.2) is 23.1 Å². The van der Waals surface area contributed by atoms with Crippen LogP contribution in [0.3, 0.4) is 0 Å². The molecule has 0 bridgehead atoms. The zero-order chi connectivity index (χ0) is 11.7. The van der Waals surface area contributed by atoms with E-state index in [1.807, 2.05) is 11.8 Å². The van der Waals surface area contributed by atoms with Crippen LogP contribution in [0.5, 0.6) is 0 Å². The number of hydrogen-bond acceptors (Lipinski definition) is 4. The van der Waals surface area contributed by atoms with E-state index in [9.17, 15) is 0 Å². The topological polar surface area (TPSA) is 31.9 Å². The smallest absolute Gasteiger partial charge is 0.204 e. The second-order valence-corrected chi connectivity index (χ2v) is 6.09. The van der Waals surface area contributed by atoms with Gasteiger partial charge >= 0.3 is 0 Å². The largest absolute Gasteiger partial charge is 0.342 e. The zero-order valence-corrected chi connectivity index (χ0v) is 11.5. The van der Waals surface area contributed by atoms with Gasteiger partial charge in [0.05, 0.1) is 0 Å². The summed E-state index contributed by atoms with van der Waals surface area (Å²) in [7, 11) is 0. The molecule has 0 saturated carbocycles. The Hall–Kier alpha value is -0.550. The van der Waals surface area contributed by atoms with Gasteiger partial charge in [-0.2, -0.15) is 11.8 Å². The van der Waals surface area contributed by atoms with Crippen molar-refractivity contribution >= 4 is 29.9 Å². The number of H-pyrrole nitrogens is 1. The molecule has 0 unspecified atom stereocenters. The molecule has 3 rings (SSSR count). The number of anilines is 1. The summed E-state index contributed by atoms with van der Waals surface area (Å²) >= 11 is 7.32. The number of nitrogens with one attached hydrogen (secondary N) is 1. The van der Waals surface area contributed by atoms with Crippen LogP contribution in [0.1, 0.15) is 36.9 Å². The van der Waals surface area contributed by atoms with Crippen molar-refractivity contribution in [1.82, 2.24) is 9.97 Å². The number of fused-ring (bicyclic) bond motifs is 1. The number of nitrogens with zero attached hydrogens (tertiary/aromatic N) is 2. The maximum atomic E-state index is 5.40. The summed E-state index contributed by atoms with van der Waals surface area (Å²) in [5.41, 5.74) is 2.55. The molecule has 0 atom stereocenters. The van der Waals surface area contributed by atoms with Crippen molar-refractivity contribution in [3.8, 4) is 0 Å². The van der Waals surface area contributed by atoms with Crippen LogP contribution in [0.25, 0.3) is 0 Å². The summed E-state index contributed by atoms with van der Waals surface area (Å²) in [6.07, 6.45) is 5.23. The molecule has 1 N–H and O–H groups in total. The van der Waals surface area contributed by atoms with Gasteiger partial charge < -0.3 is 9.88 Å². The van der Waals surface area contributed by atoms with Gasteiger partial charge in [-0.15, -0.1) is 0 Å². The molecule has 1 aromatic heterocycles. The molecule has 2 aliphatic heterocycles. The highest BCUT2D eigenvalue weighted by molar-refractivity contribution is 7.98. The monoisotopic (exact) mass is 267 g/mol. The molecule has 17 heavy (non-hydrogen) atoms. The quantitative estimate of drug-likeness (QED) is 0.792. The SMILES string of the molecule is S=c1nc(N2CCCCCC2)[nH]c2c1CSC2. The molecule has 1 fully saturated rings. The Morgan fingerprint density at radius 1 is 1.12 bits per heavy atom. The average molecular weight is 267 g/mol. The molecule has 0 aliphatic carbocycles. The molecule has 3 heterocycles. The number of hydrogen-bond donors (Lipinski definition) is 1. The highest BCUT2D eigenvalue weighted by atomic mass is 32.2. The molecule has 0 radical (unpaired) electrons. The first-order valence-electron chi connectivity index (χ1n) is 6.29. The second-order valence-electron chi connectivity index (χ2n) is 4.72. The fraction of sp³-hybridized carbons (Fsp3) is 0.667. The first-order chi connectivity index (χ1) is 8.34. The normalized spacial score (nSPS) is 20.1. The molecule has 1 saturated heterocycles. The highest BCUT2D eigenvalue weighted by Crippen LogP contribution is 2.30. The van der Waals surface area contributed by atoms with Crippen molar-refractivity contribution in [2.75, 3.05) is 18.0 Å². The van der Waals surface area contributed by atoms with E-state index >= 15 is 0 Å². The van der Waals surface area contributed by atoms with Crippen LogP contribution in [0, 0.1) is 4.64 Å². The lowest BCUT2D eigenvalue weighted by atomic mass is 10.2. The summed E-state index contributed by atoms with van der Waals surface area (Å²) in [6, 6.07) is 0. The predicted molar refractivity (Wildman–Crippen MR) is 75.1 cm³/mol. The number of aromatic amines is 1. The average Bonchev–Trinajstić information content (AvgIpc) is 2.63. The molecule has 3 nitrogen and oxygen atoms in total. The second kappa shape index (κ2) is 4.98. The molecule has 5 heteroatoms. The summed E-state index contributed by atoms with van der Waals surface area (Å²) in [6.45, 7) is 2.23. The van der Waals surface area contributed by atoms with E-state index in [-0.39, 0.29) is 0 Å². The predicted octanol–water partition coefficient (Wildman–Crippen LogP) is 3.27. The van der Waals surface area contributed by atoms with Crippen LogP contribution < -0.4 is 4.90 Å². The number of aromatic nitrogens is 2. The van der Waals surface area contributed by atoms with E-state index in [0.717, 1.165) is 35.2 Å². The van der Waals surface area contributed by atoms with Crippen molar-refractivity contribution in [1.29, 1.82) is 0 Å². The van der Waals surface area contributed by atoms with Gasteiger partial charge in [-0.25, -0.2) is 4.98 Å². The molecule has 0 spiro atoms.